The molecule has 3 rings (SSSR count). The normalized spacial score (nSPS) is 17.7. The number of amidine groups is 1. The SMILES string of the molecule is CCN1C(=O)[C@@H](CC(=O)Nc2ccc(OC)cc2)SC1=Nc1ccc(C)c(C)c1. The Morgan fingerprint density at radius 3 is 2.52 bits per heavy atom. The smallest absolute Gasteiger partial charge is 0.242 e. The van der Waals surface area contributed by atoms with Gasteiger partial charge in [0.05, 0.1) is 12.8 Å². The fourth-order valence-electron chi connectivity index (χ4n) is 2.98. The number of ether oxygens (including phenoxy) is 1. The Kier molecular flexibility index (Phi) is 6.59. The molecule has 6 nitrogen and oxygen atoms in total. The Morgan fingerprint density at radius 1 is 1.17 bits per heavy atom. The molecule has 2 aromatic rings. The molecular formula is C22H25N3O3S. The summed E-state index contributed by atoms with van der Waals surface area (Å²) in [5, 5.41) is 3.00. The molecule has 1 aliphatic rings. The molecule has 7 heteroatoms. The molecule has 0 aromatic heterocycles. The largest absolute Gasteiger partial charge is 0.497 e. The van der Waals surface area contributed by atoms with Gasteiger partial charge in [-0.25, -0.2) is 4.99 Å². The van der Waals surface area contributed by atoms with Crippen molar-refractivity contribution in [1.29, 1.82) is 0 Å². The summed E-state index contributed by atoms with van der Waals surface area (Å²) in [4.78, 5) is 31.5. The van der Waals surface area contributed by atoms with Gasteiger partial charge in [0.15, 0.2) is 5.17 Å². The molecule has 0 aliphatic carbocycles. The van der Waals surface area contributed by atoms with E-state index in [1.165, 1.54) is 17.3 Å². The van der Waals surface area contributed by atoms with Crippen molar-refractivity contribution < 1.29 is 14.3 Å². The lowest BCUT2D eigenvalue weighted by Gasteiger charge is -2.13. The van der Waals surface area contributed by atoms with Crippen LogP contribution >= 0.6 is 11.8 Å². The number of carbonyl (C=O) groups is 2. The fourth-order valence-corrected chi connectivity index (χ4v) is 4.20. The van der Waals surface area contributed by atoms with E-state index in [9.17, 15) is 9.59 Å². The maximum Gasteiger partial charge on any atom is 0.242 e. The lowest BCUT2D eigenvalue weighted by atomic mass is 10.1. The summed E-state index contributed by atoms with van der Waals surface area (Å²) in [5.74, 6) is 0.435. The first-order chi connectivity index (χ1) is 13.9. The zero-order chi connectivity index (χ0) is 21.0. The average molecular weight is 412 g/mol. The molecule has 2 aromatic carbocycles. The Morgan fingerprint density at radius 2 is 1.90 bits per heavy atom. The molecule has 0 bridgehead atoms. The van der Waals surface area contributed by atoms with Crippen LogP contribution in [0.1, 0.15) is 24.5 Å². The Hall–Kier alpha value is -2.80. The number of hydrogen-bond acceptors (Lipinski definition) is 5. The predicted octanol–water partition coefficient (Wildman–Crippen LogP) is 4.29. The zero-order valence-electron chi connectivity index (χ0n) is 17.1. The Balaban J connectivity index is 1.69. The monoisotopic (exact) mass is 411 g/mol. The Bertz CT molecular complexity index is 941. The lowest BCUT2D eigenvalue weighted by molar-refractivity contribution is -0.128. The van der Waals surface area contributed by atoms with E-state index in [1.54, 1.807) is 36.3 Å². The molecule has 0 saturated carbocycles. The van der Waals surface area contributed by atoms with Gasteiger partial charge < -0.3 is 10.1 Å². The third-order valence-electron chi connectivity index (χ3n) is 4.80. The maximum atomic E-state index is 12.8. The molecule has 1 saturated heterocycles. The summed E-state index contributed by atoms with van der Waals surface area (Å²) >= 11 is 1.35. The minimum absolute atomic E-state index is 0.0787. The standard InChI is InChI=1S/C22H25N3O3S/c1-5-25-21(27)19(13-20(26)23-16-8-10-18(28-4)11-9-16)29-22(25)24-17-7-6-14(2)15(3)12-17/h6-12,19H,5,13H2,1-4H3,(H,23,26)/t19-/m1/s1. The van der Waals surface area contributed by atoms with Crippen molar-refractivity contribution in [2.75, 3.05) is 19.0 Å². The van der Waals surface area contributed by atoms with Crippen molar-refractivity contribution in [2.45, 2.75) is 32.4 Å². The number of aliphatic imine (C=N–C) groups is 1. The lowest BCUT2D eigenvalue weighted by Crippen LogP contribution is -2.33. The van der Waals surface area contributed by atoms with Gasteiger partial charge in [-0.1, -0.05) is 17.8 Å². The number of benzene rings is 2. The van der Waals surface area contributed by atoms with E-state index in [2.05, 4.69) is 17.2 Å². The molecule has 1 fully saturated rings. The highest BCUT2D eigenvalue weighted by Crippen LogP contribution is 2.32. The zero-order valence-corrected chi connectivity index (χ0v) is 17.9. The van der Waals surface area contributed by atoms with Crippen LogP contribution in [0.2, 0.25) is 0 Å². The number of aryl methyl sites for hydroxylation is 2. The van der Waals surface area contributed by atoms with Crippen LogP contribution in [-0.2, 0) is 9.59 Å². The van der Waals surface area contributed by atoms with Crippen LogP contribution in [0.5, 0.6) is 5.75 Å². The van der Waals surface area contributed by atoms with Crippen LogP contribution in [0.25, 0.3) is 0 Å². The number of rotatable bonds is 6. The topological polar surface area (TPSA) is 71.0 Å². The number of nitrogens with one attached hydrogen (secondary N) is 1. The van der Waals surface area contributed by atoms with Gasteiger partial charge in [-0.15, -0.1) is 0 Å². The van der Waals surface area contributed by atoms with E-state index in [0.717, 1.165) is 17.0 Å². The first-order valence-corrected chi connectivity index (χ1v) is 10.4. The fraction of sp³-hybridized carbons (Fsp3) is 0.318. The van der Waals surface area contributed by atoms with Crippen LogP contribution < -0.4 is 10.1 Å². The number of methoxy groups -OCH3 is 1. The number of nitrogens with zero attached hydrogens (tertiary/aromatic N) is 2. The quantitative estimate of drug-likeness (QED) is 0.770. The Labute approximate surface area is 175 Å². The highest BCUT2D eigenvalue weighted by molar-refractivity contribution is 8.15. The minimum atomic E-state index is -0.474. The first-order valence-electron chi connectivity index (χ1n) is 9.49. The van der Waals surface area contributed by atoms with E-state index >= 15 is 0 Å². The summed E-state index contributed by atoms with van der Waals surface area (Å²) in [6.45, 7) is 6.52. The van der Waals surface area contributed by atoms with Crippen LogP contribution in [0, 0.1) is 13.8 Å². The average Bonchev–Trinajstić information content (AvgIpc) is 2.99. The number of amides is 2. The number of hydrogen-bond donors (Lipinski definition) is 1. The molecule has 0 radical (unpaired) electrons. The van der Waals surface area contributed by atoms with Crippen molar-refractivity contribution >= 4 is 40.1 Å². The van der Waals surface area contributed by atoms with E-state index in [4.69, 9.17) is 4.74 Å². The molecular weight excluding hydrogens is 386 g/mol. The van der Waals surface area contributed by atoms with Crippen LogP contribution in [0.15, 0.2) is 47.5 Å². The second kappa shape index (κ2) is 9.13. The minimum Gasteiger partial charge on any atom is -0.497 e. The van der Waals surface area contributed by atoms with Gasteiger partial charge in [0, 0.05) is 18.7 Å². The molecule has 29 heavy (non-hydrogen) atoms. The summed E-state index contributed by atoms with van der Waals surface area (Å²) in [7, 11) is 1.59. The third kappa shape index (κ3) is 4.98. The molecule has 0 spiro atoms. The van der Waals surface area contributed by atoms with Crippen LogP contribution in [-0.4, -0.2) is 40.8 Å². The molecule has 1 atom stereocenters. The van der Waals surface area contributed by atoms with Gasteiger partial charge in [0.2, 0.25) is 11.8 Å². The van der Waals surface area contributed by atoms with E-state index in [1.807, 2.05) is 32.0 Å². The van der Waals surface area contributed by atoms with Crippen molar-refractivity contribution in [1.82, 2.24) is 4.90 Å². The van der Waals surface area contributed by atoms with E-state index < -0.39 is 5.25 Å². The highest BCUT2D eigenvalue weighted by atomic mass is 32.2. The highest BCUT2D eigenvalue weighted by Gasteiger charge is 2.38. The summed E-state index contributed by atoms with van der Waals surface area (Å²) in [6, 6.07) is 13.1. The van der Waals surface area contributed by atoms with Gasteiger partial charge in [-0.2, -0.15) is 0 Å². The molecule has 1 heterocycles. The van der Waals surface area contributed by atoms with Crippen LogP contribution in [0.4, 0.5) is 11.4 Å². The van der Waals surface area contributed by atoms with Crippen molar-refractivity contribution in [2.24, 2.45) is 4.99 Å². The molecule has 152 valence electrons. The summed E-state index contributed by atoms with van der Waals surface area (Å²) < 4.78 is 5.12. The van der Waals surface area contributed by atoms with Crippen molar-refractivity contribution in [3.63, 3.8) is 0 Å². The molecule has 1 aliphatic heterocycles. The molecule has 2 amide bonds. The molecule has 0 unspecified atom stereocenters. The number of carbonyl (C=O) groups excluding carboxylic acids is 2. The van der Waals surface area contributed by atoms with Crippen molar-refractivity contribution in [3.05, 3.63) is 53.6 Å². The molecule has 1 N–H and O–H groups in total. The number of thioether (sulfide) groups is 1. The van der Waals surface area contributed by atoms with Gasteiger partial charge in [-0.3, -0.25) is 14.5 Å². The van der Waals surface area contributed by atoms with Gasteiger partial charge in [0.1, 0.15) is 11.0 Å². The van der Waals surface area contributed by atoms with Crippen molar-refractivity contribution in [3.8, 4) is 5.75 Å². The van der Waals surface area contributed by atoms with E-state index in [0.29, 0.717) is 17.4 Å². The van der Waals surface area contributed by atoms with Crippen LogP contribution in [0.3, 0.4) is 0 Å². The first kappa shape index (κ1) is 20.9. The summed E-state index contributed by atoms with van der Waals surface area (Å²) in [6.07, 6.45) is 0.0952. The maximum absolute atomic E-state index is 12.8. The van der Waals surface area contributed by atoms with Gasteiger partial charge >= 0.3 is 0 Å². The number of anilines is 1. The van der Waals surface area contributed by atoms with Gasteiger partial charge in [-0.05, 0) is 68.3 Å². The third-order valence-corrected chi connectivity index (χ3v) is 5.97. The second-order valence-corrected chi connectivity index (χ2v) is 8.00. The predicted molar refractivity (Wildman–Crippen MR) is 118 cm³/mol. The van der Waals surface area contributed by atoms with Gasteiger partial charge in [0.25, 0.3) is 0 Å². The second-order valence-electron chi connectivity index (χ2n) is 6.83. The van der Waals surface area contributed by atoms with E-state index in [-0.39, 0.29) is 18.2 Å². The summed E-state index contributed by atoms with van der Waals surface area (Å²) in [5.41, 5.74) is 3.83.